The highest BCUT2D eigenvalue weighted by atomic mass is 16.5. The van der Waals surface area contributed by atoms with Crippen molar-refractivity contribution in [2.75, 3.05) is 13.2 Å². The second-order valence-corrected chi connectivity index (χ2v) is 11.5. The van der Waals surface area contributed by atoms with E-state index in [1.54, 1.807) is 0 Å². The smallest absolute Gasteiger partial charge is 0.308 e. The number of allylic oxidation sites excluding steroid dienone is 6. The van der Waals surface area contributed by atoms with E-state index >= 15 is 0 Å². The van der Waals surface area contributed by atoms with Gasteiger partial charge in [-0.1, -0.05) is 57.2 Å². The van der Waals surface area contributed by atoms with E-state index in [-0.39, 0.29) is 29.2 Å². The maximum atomic E-state index is 13.0. The molecular formula is C33H39NO4. The molecule has 5 heteroatoms. The predicted molar refractivity (Wildman–Crippen MR) is 150 cm³/mol. The summed E-state index contributed by atoms with van der Waals surface area (Å²) in [5.41, 5.74) is 6.07. The fraction of sp³-hybridized carbons (Fsp3) is 0.485. The van der Waals surface area contributed by atoms with E-state index in [4.69, 9.17) is 14.5 Å². The van der Waals surface area contributed by atoms with Crippen LogP contribution in [0.1, 0.15) is 78.0 Å². The lowest BCUT2D eigenvalue weighted by molar-refractivity contribution is -0.148. The van der Waals surface area contributed by atoms with Gasteiger partial charge in [0.1, 0.15) is 0 Å². The van der Waals surface area contributed by atoms with E-state index in [2.05, 4.69) is 43.4 Å². The molecule has 38 heavy (non-hydrogen) atoms. The highest BCUT2D eigenvalue weighted by Gasteiger charge is 2.52. The summed E-state index contributed by atoms with van der Waals surface area (Å²) in [6.07, 6.45) is 11.5. The van der Waals surface area contributed by atoms with Gasteiger partial charge < -0.3 is 9.47 Å². The van der Waals surface area contributed by atoms with Crippen LogP contribution in [0.4, 0.5) is 0 Å². The average Bonchev–Trinajstić information content (AvgIpc) is 3.13. The van der Waals surface area contributed by atoms with Crippen molar-refractivity contribution >= 4 is 28.4 Å². The molecule has 0 spiro atoms. The lowest BCUT2D eigenvalue weighted by atomic mass is 9.63. The van der Waals surface area contributed by atoms with Crippen LogP contribution in [0, 0.1) is 17.3 Å². The maximum Gasteiger partial charge on any atom is 0.308 e. The van der Waals surface area contributed by atoms with Crippen LogP contribution in [0.5, 0.6) is 0 Å². The first-order chi connectivity index (χ1) is 18.2. The summed E-state index contributed by atoms with van der Waals surface area (Å²) >= 11 is 0. The molecule has 0 amide bonds. The number of para-hydroxylation sites is 1. The molecule has 2 aromatic rings. The molecule has 0 saturated carbocycles. The minimum Gasteiger partial charge on any atom is -0.466 e. The van der Waals surface area contributed by atoms with Crippen molar-refractivity contribution in [1.29, 1.82) is 0 Å². The van der Waals surface area contributed by atoms with Gasteiger partial charge in [-0.25, -0.2) is 4.98 Å². The van der Waals surface area contributed by atoms with Gasteiger partial charge in [-0.2, -0.15) is 0 Å². The predicted octanol–water partition coefficient (Wildman–Crippen LogP) is 7.10. The Morgan fingerprint density at radius 1 is 1.03 bits per heavy atom. The molecule has 0 radical (unpaired) electrons. The third kappa shape index (κ3) is 4.40. The first kappa shape index (κ1) is 26.4. The average molecular weight is 514 g/mol. The van der Waals surface area contributed by atoms with Crippen LogP contribution in [-0.4, -0.2) is 30.1 Å². The molecule has 3 aliphatic rings. The fourth-order valence-electron chi connectivity index (χ4n) is 6.84. The molecule has 5 nitrogen and oxygen atoms in total. The van der Waals surface area contributed by atoms with Crippen molar-refractivity contribution in [2.45, 2.75) is 72.1 Å². The zero-order valence-electron chi connectivity index (χ0n) is 23.3. The Morgan fingerprint density at radius 2 is 1.68 bits per heavy atom. The minimum atomic E-state index is -0.573. The van der Waals surface area contributed by atoms with Gasteiger partial charge in [-0.15, -0.1) is 0 Å². The second-order valence-electron chi connectivity index (χ2n) is 11.5. The molecule has 1 aromatic carbocycles. The number of nitrogens with zero attached hydrogens (tertiary/aromatic N) is 1. The van der Waals surface area contributed by atoms with Gasteiger partial charge in [-0.3, -0.25) is 9.59 Å². The van der Waals surface area contributed by atoms with Crippen LogP contribution in [-0.2, 0) is 24.5 Å². The van der Waals surface area contributed by atoms with Crippen molar-refractivity contribution in [3.63, 3.8) is 0 Å². The van der Waals surface area contributed by atoms with Gasteiger partial charge >= 0.3 is 11.9 Å². The lowest BCUT2D eigenvalue weighted by Gasteiger charge is -2.40. The number of rotatable bonds is 8. The van der Waals surface area contributed by atoms with Crippen molar-refractivity contribution in [3.05, 3.63) is 71.0 Å². The van der Waals surface area contributed by atoms with Gasteiger partial charge in [-0.05, 0) is 74.8 Å². The Morgan fingerprint density at radius 3 is 2.34 bits per heavy atom. The Labute approximate surface area is 226 Å². The lowest BCUT2D eigenvalue weighted by Crippen LogP contribution is -2.36. The SMILES string of the molecule is CCOC(=O)C(C)CC1(CC(C)C(=O)OCC)C2=CC3=CCCCC3(C)C=C2c2nc3ccccc3cc21. The van der Waals surface area contributed by atoms with Gasteiger partial charge in [0.25, 0.3) is 0 Å². The van der Waals surface area contributed by atoms with E-state index < -0.39 is 5.41 Å². The third-order valence-corrected chi connectivity index (χ3v) is 8.67. The summed E-state index contributed by atoms with van der Waals surface area (Å²) in [6.45, 7) is 10.6. The van der Waals surface area contributed by atoms with Gasteiger partial charge in [0.05, 0.1) is 36.3 Å². The number of carbonyl (C=O) groups excluding carboxylic acids is 2. The number of carbonyl (C=O) groups is 2. The molecule has 0 aliphatic heterocycles. The highest BCUT2D eigenvalue weighted by Crippen LogP contribution is 2.60. The highest BCUT2D eigenvalue weighted by molar-refractivity contribution is 5.95. The number of pyridine rings is 1. The molecule has 0 bridgehead atoms. The molecule has 0 fully saturated rings. The van der Waals surface area contributed by atoms with Crippen molar-refractivity contribution in [3.8, 4) is 0 Å². The number of esters is 2. The summed E-state index contributed by atoms with van der Waals surface area (Å²) in [4.78, 5) is 31.2. The first-order valence-electron chi connectivity index (χ1n) is 14.1. The zero-order valence-corrected chi connectivity index (χ0v) is 23.3. The van der Waals surface area contributed by atoms with Gasteiger partial charge in [0.2, 0.25) is 0 Å². The molecule has 0 saturated heterocycles. The van der Waals surface area contributed by atoms with Crippen molar-refractivity contribution < 1.29 is 19.1 Å². The number of benzene rings is 1. The Kier molecular flexibility index (Phi) is 7.06. The summed E-state index contributed by atoms with van der Waals surface area (Å²) in [5.74, 6) is -1.11. The number of ether oxygens (including phenoxy) is 2. The Balaban J connectivity index is 1.76. The topological polar surface area (TPSA) is 65.5 Å². The Hall–Kier alpha value is -3.21. The molecular weight excluding hydrogens is 474 g/mol. The molecule has 5 rings (SSSR count). The van der Waals surface area contributed by atoms with Crippen LogP contribution < -0.4 is 0 Å². The van der Waals surface area contributed by atoms with E-state index in [0.29, 0.717) is 26.1 Å². The standard InChI is InChI=1S/C33H39NO4/c1-6-37-30(35)21(3)18-33(19-22(4)31(36)38-7-2)26-17-24-13-10-11-15-32(24,5)20-25(26)29-27(33)16-23-12-8-9-14-28(23)34-29/h8-9,12-14,16-17,20-22H,6-7,10-11,15,18-19H2,1-5H3. The van der Waals surface area contributed by atoms with E-state index in [1.807, 2.05) is 39.8 Å². The number of fused-ring (bicyclic) bond motifs is 5. The minimum absolute atomic E-state index is 0.0444. The monoisotopic (exact) mass is 513 g/mol. The van der Waals surface area contributed by atoms with E-state index in [1.165, 1.54) is 11.1 Å². The first-order valence-corrected chi connectivity index (χ1v) is 14.1. The Bertz CT molecular complexity index is 1340. The molecule has 3 aliphatic carbocycles. The molecule has 1 heterocycles. The van der Waals surface area contributed by atoms with Crippen LogP contribution in [0.15, 0.2) is 59.7 Å². The molecule has 0 N–H and O–H groups in total. The molecule has 3 unspecified atom stereocenters. The quantitative estimate of drug-likeness (QED) is 0.352. The van der Waals surface area contributed by atoms with E-state index in [9.17, 15) is 9.59 Å². The van der Waals surface area contributed by atoms with Crippen molar-refractivity contribution in [1.82, 2.24) is 4.98 Å². The van der Waals surface area contributed by atoms with E-state index in [0.717, 1.165) is 47.0 Å². The zero-order chi connectivity index (χ0) is 27.1. The molecule has 200 valence electrons. The molecule has 3 atom stereocenters. The molecule has 1 aromatic heterocycles. The normalized spacial score (nSPS) is 25.2. The van der Waals surface area contributed by atoms with Crippen molar-refractivity contribution in [2.24, 2.45) is 17.3 Å². The van der Waals surface area contributed by atoms with Crippen LogP contribution in [0.25, 0.3) is 16.5 Å². The van der Waals surface area contributed by atoms with Crippen LogP contribution in [0.3, 0.4) is 0 Å². The van der Waals surface area contributed by atoms with Gasteiger partial charge in [0.15, 0.2) is 0 Å². The largest absolute Gasteiger partial charge is 0.466 e. The number of hydrogen-bond donors (Lipinski definition) is 0. The maximum absolute atomic E-state index is 13.0. The van der Waals surface area contributed by atoms with Crippen LogP contribution in [0.2, 0.25) is 0 Å². The summed E-state index contributed by atoms with van der Waals surface area (Å²) in [6, 6.07) is 10.4. The number of hydrogen-bond acceptors (Lipinski definition) is 5. The summed E-state index contributed by atoms with van der Waals surface area (Å²) in [5, 5.41) is 1.06. The number of aromatic nitrogens is 1. The fourth-order valence-corrected chi connectivity index (χ4v) is 6.84. The third-order valence-electron chi connectivity index (χ3n) is 8.67. The summed E-state index contributed by atoms with van der Waals surface area (Å²) < 4.78 is 10.9. The second kappa shape index (κ2) is 10.2. The van der Waals surface area contributed by atoms with Crippen LogP contribution >= 0.6 is 0 Å². The summed E-state index contributed by atoms with van der Waals surface area (Å²) in [7, 11) is 0. The van der Waals surface area contributed by atoms with Gasteiger partial charge in [0, 0.05) is 21.8 Å².